The first-order valence-corrected chi connectivity index (χ1v) is 6.35. The Kier molecular flexibility index (Phi) is 5.01. The Morgan fingerprint density at radius 1 is 1.06 bits per heavy atom. The van der Waals surface area contributed by atoms with Crippen LogP contribution in [-0.2, 0) is 6.42 Å². The van der Waals surface area contributed by atoms with Crippen LogP contribution in [0.3, 0.4) is 0 Å². The summed E-state index contributed by atoms with van der Waals surface area (Å²) in [4.78, 5) is 2.54. The van der Waals surface area contributed by atoms with E-state index in [9.17, 15) is 0 Å². The Labute approximate surface area is 100 Å². The summed E-state index contributed by atoms with van der Waals surface area (Å²) >= 11 is 0. The van der Waals surface area contributed by atoms with Crippen LogP contribution in [0.25, 0.3) is 0 Å². The molecular weight excluding hydrogens is 194 g/mol. The first-order chi connectivity index (χ1) is 7.54. The van der Waals surface area contributed by atoms with E-state index in [2.05, 4.69) is 63.8 Å². The van der Waals surface area contributed by atoms with Crippen molar-refractivity contribution < 1.29 is 0 Å². The second-order valence-electron chi connectivity index (χ2n) is 4.96. The van der Waals surface area contributed by atoms with Gasteiger partial charge in [-0.1, -0.05) is 36.8 Å². The molecule has 0 spiro atoms. The number of likely N-dealkylation sites (N-methyl/N-ethyl adjacent to an activating group) is 1. The summed E-state index contributed by atoms with van der Waals surface area (Å²) < 4.78 is 0. The first kappa shape index (κ1) is 13.2. The highest BCUT2D eigenvalue weighted by atomic mass is 15.2. The lowest BCUT2D eigenvalue weighted by molar-refractivity contribution is 0.172. The zero-order valence-corrected chi connectivity index (χ0v) is 11.3. The third kappa shape index (κ3) is 3.64. The summed E-state index contributed by atoms with van der Waals surface area (Å²) in [5.41, 5.74) is 2.78. The summed E-state index contributed by atoms with van der Waals surface area (Å²) in [6.07, 6.45) is 1.15. The molecule has 0 aliphatic carbocycles. The van der Waals surface area contributed by atoms with E-state index in [0.29, 0.717) is 12.1 Å². The van der Waals surface area contributed by atoms with Crippen LogP contribution in [0.5, 0.6) is 0 Å². The minimum atomic E-state index is 0.618. The Hall–Kier alpha value is -0.820. The van der Waals surface area contributed by atoms with Gasteiger partial charge in [0.1, 0.15) is 0 Å². The van der Waals surface area contributed by atoms with E-state index in [-0.39, 0.29) is 0 Å². The topological polar surface area (TPSA) is 3.24 Å². The van der Waals surface area contributed by atoms with E-state index >= 15 is 0 Å². The highest BCUT2D eigenvalue weighted by Crippen LogP contribution is 2.12. The van der Waals surface area contributed by atoms with Crippen molar-refractivity contribution in [3.63, 3.8) is 0 Å². The van der Waals surface area contributed by atoms with Gasteiger partial charge in [-0.25, -0.2) is 0 Å². The molecule has 0 aliphatic heterocycles. The van der Waals surface area contributed by atoms with Crippen LogP contribution < -0.4 is 0 Å². The van der Waals surface area contributed by atoms with Crippen LogP contribution >= 0.6 is 0 Å². The van der Waals surface area contributed by atoms with Crippen molar-refractivity contribution in [3.8, 4) is 0 Å². The van der Waals surface area contributed by atoms with E-state index in [0.717, 1.165) is 13.0 Å². The lowest BCUT2D eigenvalue weighted by atomic mass is 10.0. The van der Waals surface area contributed by atoms with E-state index in [1.807, 2.05) is 0 Å². The molecule has 1 unspecified atom stereocenters. The predicted octanol–water partition coefficient (Wildman–Crippen LogP) is 3.66. The summed E-state index contributed by atoms with van der Waals surface area (Å²) in [7, 11) is 0. The highest BCUT2D eigenvalue weighted by Gasteiger charge is 2.15. The summed E-state index contributed by atoms with van der Waals surface area (Å²) in [6.45, 7) is 12.4. The van der Waals surface area contributed by atoms with E-state index in [4.69, 9.17) is 0 Å². The smallest absolute Gasteiger partial charge is 0.0110 e. The summed E-state index contributed by atoms with van der Waals surface area (Å²) in [6, 6.07) is 10.2. The first-order valence-electron chi connectivity index (χ1n) is 6.35. The number of hydrogen-bond donors (Lipinski definition) is 0. The van der Waals surface area contributed by atoms with Crippen molar-refractivity contribution in [2.45, 2.75) is 53.1 Å². The Morgan fingerprint density at radius 3 is 2.06 bits per heavy atom. The molecule has 90 valence electrons. The highest BCUT2D eigenvalue weighted by molar-refractivity contribution is 5.22. The second-order valence-corrected chi connectivity index (χ2v) is 4.96. The fourth-order valence-corrected chi connectivity index (χ4v) is 2.37. The standard InChI is InChI=1S/C15H25N/c1-6-16(12(2)3)14(5)11-15-9-7-13(4)8-10-15/h7-10,12,14H,6,11H2,1-5H3. The largest absolute Gasteiger partial charge is 0.298 e. The molecule has 0 bridgehead atoms. The fraction of sp³-hybridized carbons (Fsp3) is 0.600. The van der Waals surface area contributed by atoms with Crippen LogP contribution in [0.2, 0.25) is 0 Å². The molecule has 0 aromatic heterocycles. The van der Waals surface area contributed by atoms with E-state index in [1.165, 1.54) is 11.1 Å². The SMILES string of the molecule is CCN(C(C)C)C(C)Cc1ccc(C)cc1. The van der Waals surface area contributed by atoms with Crippen molar-refractivity contribution >= 4 is 0 Å². The van der Waals surface area contributed by atoms with Crippen LogP contribution in [0.15, 0.2) is 24.3 Å². The minimum Gasteiger partial charge on any atom is -0.298 e. The zero-order valence-electron chi connectivity index (χ0n) is 11.3. The molecule has 0 saturated carbocycles. The maximum atomic E-state index is 2.54. The van der Waals surface area contributed by atoms with Crippen molar-refractivity contribution in [1.82, 2.24) is 4.90 Å². The van der Waals surface area contributed by atoms with Crippen LogP contribution in [0, 0.1) is 6.92 Å². The molecule has 16 heavy (non-hydrogen) atoms. The third-order valence-corrected chi connectivity index (χ3v) is 3.25. The summed E-state index contributed by atoms with van der Waals surface area (Å²) in [5, 5.41) is 0. The van der Waals surface area contributed by atoms with Crippen LogP contribution in [0.1, 0.15) is 38.8 Å². The average Bonchev–Trinajstić information content (AvgIpc) is 2.22. The van der Waals surface area contributed by atoms with Crippen molar-refractivity contribution in [2.75, 3.05) is 6.54 Å². The third-order valence-electron chi connectivity index (χ3n) is 3.25. The van der Waals surface area contributed by atoms with Gasteiger partial charge in [0.2, 0.25) is 0 Å². The van der Waals surface area contributed by atoms with Gasteiger partial charge in [0.05, 0.1) is 0 Å². The maximum absolute atomic E-state index is 2.54. The normalized spacial score (nSPS) is 13.4. The van der Waals surface area contributed by atoms with Gasteiger partial charge in [0.25, 0.3) is 0 Å². The lowest BCUT2D eigenvalue weighted by Crippen LogP contribution is -2.39. The molecule has 1 atom stereocenters. The lowest BCUT2D eigenvalue weighted by Gasteiger charge is -2.31. The number of aryl methyl sites for hydroxylation is 1. The molecule has 0 saturated heterocycles. The van der Waals surface area contributed by atoms with Crippen LogP contribution in [-0.4, -0.2) is 23.5 Å². The van der Waals surface area contributed by atoms with Crippen molar-refractivity contribution in [1.29, 1.82) is 0 Å². The molecule has 0 radical (unpaired) electrons. The molecule has 1 heteroatoms. The van der Waals surface area contributed by atoms with Gasteiger partial charge in [-0.05, 0) is 46.2 Å². The van der Waals surface area contributed by atoms with Gasteiger partial charge >= 0.3 is 0 Å². The molecular formula is C15H25N. The number of nitrogens with zero attached hydrogens (tertiary/aromatic N) is 1. The number of rotatable bonds is 5. The van der Waals surface area contributed by atoms with Gasteiger partial charge in [0.15, 0.2) is 0 Å². The zero-order chi connectivity index (χ0) is 12.1. The van der Waals surface area contributed by atoms with Crippen molar-refractivity contribution in [2.24, 2.45) is 0 Å². The van der Waals surface area contributed by atoms with Crippen LogP contribution in [0.4, 0.5) is 0 Å². The monoisotopic (exact) mass is 219 g/mol. The molecule has 1 rings (SSSR count). The van der Waals surface area contributed by atoms with E-state index in [1.54, 1.807) is 0 Å². The molecule has 1 nitrogen and oxygen atoms in total. The average molecular weight is 219 g/mol. The summed E-state index contributed by atoms with van der Waals surface area (Å²) in [5.74, 6) is 0. The quantitative estimate of drug-likeness (QED) is 0.730. The van der Waals surface area contributed by atoms with Gasteiger partial charge in [0, 0.05) is 12.1 Å². The maximum Gasteiger partial charge on any atom is 0.0110 e. The second kappa shape index (κ2) is 6.05. The van der Waals surface area contributed by atoms with Gasteiger partial charge in [-0.2, -0.15) is 0 Å². The fourth-order valence-electron chi connectivity index (χ4n) is 2.37. The minimum absolute atomic E-state index is 0.618. The van der Waals surface area contributed by atoms with Gasteiger partial charge in [-0.3, -0.25) is 4.90 Å². The van der Waals surface area contributed by atoms with Crippen molar-refractivity contribution in [3.05, 3.63) is 35.4 Å². The molecule has 0 N–H and O–H groups in total. The Balaban J connectivity index is 2.62. The predicted molar refractivity (Wildman–Crippen MR) is 71.9 cm³/mol. The molecule has 0 heterocycles. The molecule has 0 aliphatic rings. The van der Waals surface area contributed by atoms with Gasteiger partial charge < -0.3 is 0 Å². The van der Waals surface area contributed by atoms with E-state index < -0.39 is 0 Å². The van der Waals surface area contributed by atoms with Gasteiger partial charge in [-0.15, -0.1) is 0 Å². The Morgan fingerprint density at radius 2 is 1.62 bits per heavy atom. The molecule has 1 aromatic rings. The number of benzene rings is 1. The molecule has 0 amide bonds. The Bertz CT molecular complexity index is 300. The molecule has 1 aromatic carbocycles. The number of hydrogen-bond acceptors (Lipinski definition) is 1. The molecule has 0 fully saturated rings.